The first-order valence-electron chi connectivity index (χ1n) is 6.35. The quantitative estimate of drug-likeness (QED) is 0.917. The topological polar surface area (TPSA) is 55.1 Å². The van der Waals surface area contributed by atoms with Crippen molar-refractivity contribution in [3.05, 3.63) is 53.2 Å². The summed E-state index contributed by atoms with van der Waals surface area (Å²) in [6.45, 7) is 6.48. The second kappa shape index (κ2) is 5.69. The summed E-state index contributed by atoms with van der Waals surface area (Å²) in [7, 11) is 0. The van der Waals surface area contributed by atoms with Crippen LogP contribution in [-0.4, -0.2) is 10.9 Å². The first-order chi connectivity index (χ1) is 9.08. The third-order valence-electron chi connectivity index (χ3n) is 2.92. The largest absolute Gasteiger partial charge is 0.438 e. The third kappa shape index (κ3) is 3.22. The summed E-state index contributed by atoms with van der Waals surface area (Å²) in [6, 6.07) is 8.05. The zero-order valence-electron chi connectivity index (χ0n) is 11.4. The first kappa shape index (κ1) is 13.3. The van der Waals surface area contributed by atoms with E-state index in [1.807, 2.05) is 45.0 Å². The molecule has 1 amide bonds. The lowest BCUT2D eigenvalue weighted by Gasteiger charge is -2.06. The third-order valence-corrected chi connectivity index (χ3v) is 2.92. The molecule has 0 atom stereocenters. The van der Waals surface area contributed by atoms with E-state index in [9.17, 15) is 4.79 Å². The van der Waals surface area contributed by atoms with Gasteiger partial charge in [0.05, 0.1) is 5.69 Å². The number of benzene rings is 1. The predicted molar refractivity (Wildman–Crippen MR) is 72.9 cm³/mol. The van der Waals surface area contributed by atoms with Crippen LogP contribution in [0.5, 0.6) is 0 Å². The molecule has 0 bridgehead atoms. The number of aromatic nitrogens is 1. The van der Waals surface area contributed by atoms with Gasteiger partial charge in [-0.25, -0.2) is 4.98 Å². The molecule has 1 aromatic heterocycles. The van der Waals surface area contributed by atoms with Gasteiger partial charge in [0.25, 0.3) is 5.91 Å². The van der Waals surface area contributed by atoms with Gasteiger partial charge in [0.1, 0.15) is 0 Å². The molecule has 0 aliphatic rings. The molecule has 0 aliphatic carbocycles. The van der Waals surface area contributed by atoms with Crippen LogP contribution < -0.4 is 5.32 Å². The highest BCUT2D eigenvalue weighted by Gasteiger charge is 2.18. The minimum Gasteiger partial charge on any atom is -0.438 e. The van der Waals surface area contributed by atoms with Crippen LogP contribution >= 0.6 is 0 Å². The maximum atomic E-state index is 12.0. The number of aryl methyl sites for hydroxylation is 1. The van der Waals surface area contributed by atoms with E-state index >= 15 is 0 Å². The van der Waals surface area contributed by atoms with Crippen LogP contribution in [0.3, 0.4) is 0 Å². The molecular weight excluding hydrogens is 240 g/mol. The van der Waals surface area contributed by atoms with E-state index in [0.717, 1.165) is 5.56 Å². The summed E-state index contributed by atoms with van der Waals surface area (Å²) in [5, 5.41) is 2.84. The Hall–Kier alpha value is -2.10. The molecule has 4 nitrogen and oxygen atoms in total. The maximum absolute atomic E-state index is 12.0. The van der Waals surface area contributed by atoms with Crippen LogP contribution in [0, 0.1) is 6.92 Å². The summed E-state index contributed by atoms with van der Waals surface area (Å²) in [6.07, 6.45) is 1.32. The molecule has 0 unspecified atom stereocenters. The molecule has 0 fully saturated rings. The van der Waals surface area contributed by atoms with Gasteiger partial charge in [-0.2, -0.15) is 0 Å². The van der Waals surface area contributed by atoms with E-state index in [1.54, 1.807) is 0 Å². The van der Waals surface area contributed by atoms with Gasteiger partial charge in [-0.3, -0.25) is 4.79 Å². The van der Waals surface area contributed by atoms with Crippen molar-refractivity contribution in [3.8, 4) is 0 Å². The number of hydrogen-bond acceptors (Lipinski definition) is 3. The Kier molecular flexibility index (Phi) is 4.00. The number of carbonyl (C=O) groups excluding carboxylic acids is 1. The summed E-state index contributed by atoms with van der Waals surface area (Å²) in [4.78, 5) is 16.1. The predicted octanol–water partition coefficient (Wildman–Crippen LogP) is 3.04. The Morgan fingerprint density at radius 1 is 1.32 bits per heavy atom. The van der Waals surface area contributed by atoms with Gasteiger partial charge in [-0.15, -0.1) is 0 Å². The fourth-order valence-corrected chi connectivity index (χ4v) is 1.80. The summed E-state index contributed by atoms with van der Waals surface area (Å²) in [5.74, 6) is 0.253. The van der Waals surface area contributed by atoms with Crippen molar-refractivity contribution in [3.63, 3.8) is 0 Å². The summed E-state index contributed by atoms with van der Waals surface area (Å²) < 4.78 is 5.17. The van der Waals surface area contributed by atoms with Crippen molar-refractivity contribution in [1.82, 2.24) is 10.3 Å². The second-order valence-corrected chi connectivity index (χ2v) is 4.89. The molecule has 0 saturated heterocycles. The van der Waals surface area contributed by atoms with Gasteiger partial charge < -0.3 is 9.73 Å². The van der Waals surface area contributed by atoms with Gasteiger partial charge in [0, 0.05) is 6.54 Å². The van der Waals surface area contributed by atoms with Crippen molar-refractivity contribution in [1.29, 1.82) is 0 Å². The van der Waals surface area contributed by atoms with Gasteiger partial charge in [-0.05, 0) is 18.4 Å². The number of hydrogen-bond donors (Lipinski definition) is 1. The van der Waals surface area contributed by atoms with Gasteiger partial charge in [-0.1, -0.05) is 43.7 Å². The molecule has 2 rings (SSSR count). The molecule has 19 heavy (non-hydrogen) atoms. The first-order valence-corrected chi connectivity index (χ1v) is 6.35. The number of oxazole rings is 1. The minimum absolute atomic E-state index is 0.166. The van der Waals surface area contributed by atoms with E-state index in [2.05, 4.69) is 10.3 Å². The van der Waals surface area contributed by atoms with Crippen LogP contribution in [0.25, 0.3) is 0 Å². The molecular formula is C15H18N2O2. The van der Waals surface area contributed by atoms with E-state index in [-0.39, 0.29) is 11.8 Å². The Labute approximate surface area is 112 Å². The maximum Gasteiger partial charge on any atom is 0.289 e. The van der Waals surface area contributed by atoms with E-state index in [1.165, 1.54) is 12.0 Å². The molecule has 100 valence electrons. The molecule has 0 radical (unpaired) electrons. The minimum atomic E-state index is -0.221. The van der Waals surface area contributed by atoms with Crippen molar-refractivity contribution < 1.29 is 9.21 Å². The standard InChI is InChI=1S/C15H18N2O2/c1-10(2)13-14(19-9-17-13)15(18)16-8-12-6-4-11(3)5-7-12/h4-7,9-10H,8H2,1-3H3,(H,16,18). The van der Waals surface area contributed by atoms with Gasteiger partial charge in [0.2, 0.25) is 5.76 Å². The van der Waals surface area contributed by atoms with E-state index in [4.69, 9.17) is 4.42 Å². The Balaban J connectivity index is 2.01. The van der Waals surface area contributed by atoms with Crippen LogP contribution in [0.1, 0.15) is 47.1 Å². The highest BCUT2D eigenvalue weighted by molar-refractivity contribution is 5.92. The lowest BCUT2D eigenvalue weighted by Crippen LogP contribution is -2.23. The van der Waals surface area contributed by atoms with Crippen molar-refractivity contribution in [2.75, 3.05) is 0 Å². The van der Waals surface area contributed by atoms with Crippen molar-refractivity contribution in [2.24, 2.45) is 0 Å². The zero-order valence-corrected chi connectivity index (χ0v) is 11.4. The number of rotatable bonds is 4. The molecule has 1 aromatic carbocycles. The zero-order chi connectivity index (χ0) is 13.8. The molecule has 0 aliphatic heterocycles. The molecule has 2 aromatic rings. The number of nitrogens with one attached hydrogen (secondary N) is 1. The Morgan fingerprint density at radius 3 is 2.63 bits per heavy atom. The average Bonchev–Trinajstić information content (AvgIpc) is 2.87. The van der Waals surface area contributed by atoms with Crippen LogP contribution in [0.4, 0.5) is 0 Å². The monoisotopic (exact) mass is 258 g/mol. The SMILES string of the molecule is Cc1ccc(CNC(=O)c2ocnc2C(C)C)cc1. The molecule has 1 heterocycles. The normalized spacial score (nSPS) is 10.7. The van der Waals surface area contributed by atoms with Gasteiger partial charge in [0.15, 0.2) is 6.39 Å². The second-order valence-electron chi connectivity index (χ2n) is 4.89. The Morgan fingerprint density at radius 2 is 2.00 bits per heavy atom. The van der Waals surface area contributed by atoms with Crippen LogP contribution in [-0.2, 0) is 6.54 Å². The number of carbonyl (C=O) groups is 1. The molecule has 0 saturated carbocycles. The van der Waals surface area contributed by atoms with Crippen LogP contribution in [0.2, 0.25) is 0 Å². The smallest absolute Gasteiger partial charge is 0.289 e. The molecule has 0 spiro atoms. The fraction of sp³-hybridized carbons (Fsp3) is 0.333. The average molecular weight is 258 g/mol. The summed E-state index contributed by atoms with van der Waals surface area (Å²) >= 11 is 0. The number of amides is 1. The lowest BCUT2D eigenvalue weighted by atomic mass is 10.1. The lowest BCUT2D eigenvalue weighted by molar-refractivity contribution is 0.0921. The summed E-state index contributed by atoms with van der Waals surface area (Å²) in [5.41, 5.74) is 2.96. The van der Waals surface area contributed by atoms with Gasteiger partial charge >= 0.3 is 0 Å². The van der Waals surface area contributed by atoms with E-state index < -0.39 is 0 Å². The van der Waals surface area contributed by atoms with Crippen molar-refractivity contribution in [2.45, 2.75) is 33.2 Å². The van der Waals surface area contributed by atoms with E-state index in [0.29, 0.717) is 18.0 Å². The highest BCUT2D eigenvalue weighted by Crippen LogP contribution is 2.17. The van der Waals surface area contributed by atoms with Crippen molar-refractivity contribution >= 4 is 5.91 Å². The number of nitrogens with zero attached hydrogens (tertiary/aromatic N) is 1. The molecule has 1 N–H and O–H groups in total. The van der Waals surface area contributed by atoms with Crippen LogP contribution in [0.15, 0.2) is 35.1 Å². The fourth-order valence-electron chi connectivity index (χ4n) is 1.80. The Bertz CT molecular complexity index is 556. The molecule has 4 heteroatoms. The highest BCUT2D eigenvalue weighted by atomic mass is 16.3.